The third-order valence-corrected chi connectivity index (χ3v) is 7.80. The lowest BCUT2D eigenvalue weighted by Gasteiger charge is -2.22. The second kappa shape index (κ2) is 14.2. The number of carbonyl (C=O) groups excluding carboxylic acids is 1. The standard InChI is InChI=1S/C38H41N5O3/c1-24(2)23-43-36-32(16-10-19-40-36)33(28-12-7-13-29(21-28)46-20-17-27-11-9-18-39-22-27)35(37(43)44)42-38(45)41-34-30(25(3)4)14-8-15-31(34)26(5)6/h7-16,18-19,21-22,25-26H,1,17,20,23H2,2-6H3,(H2,41,42,45). The molecule has 0 aliphatic rings. The highest BCUT2D eigenvalue weighted by atomic mass is 16.5. The molecule has 3 heterocycles. The van der Waals surface area contributed by atoms with E-state index in [0.717, 1.165) is 38.9 Å². The maximum atomic E-state index is 14.3. The molecule has 2 amide bonds. The van der Waals surface area contributed by atoms with Gasteiger partial charge in [-0.2, -0.15) is 0 Å². The summed E-state index contributed by atoms with van der Waals surface area (Å²) in [5.74, 6) is 1.02. The van der Waals surface area contributed by atoms with Gasteiger partial charge >= 0.3 is 6.03 Å². The summed E-state index contributed by atoms with van der Waals surface area (Å²) in [5, 5.41) is 6.78. The van der Waals surface area contributed by atoms with Gasteiger partial charge in [-0.1, -0.05) is 76.2 Å². The van der Waals surface area contributed by atoms with Crippen molar-refractivity contribution in [2.24, 2.45) is 0 Å². The highest BCUT2D eigenvalue weighted by molar-refractivity contribution is 6.07. The molecule has 0 radical (unpaired) electrons. The summed E-state index contributed by atoms with van der Waals surface area (Å²) in [6.45, 7) is 15.0. The minimum atomic E-state index is -0.498. The normalized spacial score (nSPS) is 11.2. The van der Waals surface area contributed by atoms with Crippen molar-refractivity contribution in [2.75, 3.05) is 17.2 Å². The number of hydrogen-bond donors (Lipinski definition) is 2. The Morgan fingerprint density at radius 2 is 1.61 bits per heavy atom. The number of carbonyl (C=O) groups is 1. The molecule has 0 saturated carbocycles. The van der Waals surface area contributed by atoms with Crippen molar-refractivity contribution in [1.82, 2.24) is 14.5 Å². The third kappa shape index (κ3) is 7.18. The van der Waals surface area contributed by atoms with Gasteiger partial charge in [0.1, 0.15) is 17.1 Å². The zero-order valence-corrected chi connectivity index (χ0v) is 27.1. The quantitative estimate of drug-likeness (QED) is 0.145. The summed E-state index contributed by atoms with van der Waals surface area (Å²) >= 11 is 0. The number of anilines is 2. The summed E-state index contributed by atoms with van der Waals surface area (Å²) in [6, 6.07) is 20.8. The Labute approximate surface area is 270 Å². The molecule has 0 bridgehead atoms. The van der Waals surface area contributed by atoms with Gasteiger partial charge in [0.2, 0.25) is 0 Å². The molecule has 0 aliphatic heterocycles. The molecule has 0 aliphatic carbocycles. The van der Waals surface area contributed by atoms with E-state index in [9.17, 15) is 9.59 Å². The van der Waals surface area contributed by atoms with Crippen LogP contribution in [0.4, 0.5) is 16.2 Å². The van der Waals surface area contributed by atoms with Crippen LogP contribution in [0.15, 0.2) is 102 Å². The highest BCUT2D eigenvalue weighted by Crippen LogP contribution is 2.36. The van der Waals surface area contributed by atoms with E-state index in [2.05, 4.69) is 54.9 Å². The summed E-state index contributed by atoms with van der Waals surface area (Å²) in [7, 11) is 0. The molecular formula is C38H41N5O3. The van der Waals surface area contributed by atoms with E-state index in [1.807, 2.05) is 79.9 Å². The van der Waals surface area contributed by atoms with Crippen molar-refractivity contribution >= 4 is 28.4 Å². The van der Waals surface area contributed by atoms with Crippen molar-refractivity contribution in [2.45, 2.75) is 59.4 Å². The lowest BCUT2D eigenvalue weighted by Crippen LogP contribution is -2.30. The number of nitrogens with one attached hydrogen (secondary N) is 2. The Morgan fingerprint density at radius 3 is 2.28 bits per heavy atom. The minimum absolute atomic E-state index is 0.153. The molecule has 0 fully saturated rings. The van der Waals surface area contributed by atoms with Crippen molar-refractivity contribution < 1.29 is 9.53 Å². The number of amides is 2. The Morgan fingerprint density at radius 1 is 0.913 bits per heavy atom. The summed E-state index contributed by atoms with van der Waals surface area (Å²) in [4.78, 5) is 36.9. The fraction of sp³-hybridized carbons (Fsp3) is 0.263. The van der Waals surface area contributed by atoms with Crippen LogP contribution in [0.1, 0.15) is 63.1 Å². The van der Waals surface area contributed by atoms with E-state index in [4.69, 9.17) is 4.74 Å². The minimum Gasteiger partial charge on any atom is -0.493 e. The Kier molecular flexibility index (Phi) is 9.96. The number of para-hydroxylation sites is 1. The second-order valence-electron chi connectivity index (χ2n) is 12.2. The number of urea groups is 1. The average Bonchev–Trinajstić information content (AvgIpc) is 3.03. The number of fused-ring (bicyclic) bond motifs is 1. The molecule has 2 N–H and O–H groups in total. The predicted octanol–water partition coefficient (Wildman–Crippen LogP) is 8.55. The average molecular weight is 616 g/mol. The van der Waals surface area contributed by atoms with Gasteiger partial charge in [-0.15, -0.1) is 0 Å². The SMILES string of the molecule is C=C(C)Cn1c(=O)c(NC(=O)Nc2c(C(C)C)cccc2C(C)C)c(-c2cccc(OCCc3cccnc3)c2)c2cccnc21. The number of nitrogens with zero attached hydrogens (tertiary/aromatic N) is 3. The zero-order valence-electron chi connectivity index (χ0n) is 27.1. The Balaban J connectivity index is 1.59. The Hall–Kier alpha value is -5.24. The topological polar surface area (TPSA) is 98.1 Å². The number of allylic oxidation sites excluding steroid dienone is 1. The first-order chi connectivity index (χ1) is 22.1. The summed E-state index contributed by atoms with van der Waals surface area (Å²) in [6.07, 6.45) is 5.93. The molecule has 0 spiro atoms. The van der Waals surface area contributed by atoms with Crippen LogP contribution in [-0.2, 0) is 13.0 Å². The van der Waals surface area contributed by atoms with Gasteiger partial charge in [0.05, 0.1) is 6.61 Å². The predicted molar refractivity (Wildman–Crippen MR) is 187 cm³/mol. The fourth-order valence-corrected chi connectivity index (χ4v) is 5.64. The maximum Gasteiger partial charge on any atom is 0.323 e. The zero-order chi connectivity index (χ0) is 32.8. The fourth-order valence-electron chi connectivity index (χ4n) is 5.64. The van der Waals surface area contributed by atoms with Gasteiger partial charge in [-0.3, -0.25) is 14.3 Å². The van der Waals surface area contributed by atoms with Gasteiger partial charge in [-0.05, 0) is 71.3 Å². The second-order valence-corrected chi connectivity index (χ2v) is 12.2. The van der Waals surface area contributed by atoms with Crippen LogP contribution in [0.25, 0.3) is 22.2 Å². The molecule has 2 aromatic carbocycles. The smallest absolute Gasteiger partial charge is 0.323 e. The van der Waals surface area contributed by atoms with E-state index in [1.54, 1.807) is 17.0 Å². The molecular weight excluding hydrogens is 574 g/mol. The molecule has 0 atom stereocenters. The van der Waals surface area contributed by atoms with Gasteiger partial charge in [0, 0.05) is 48.2 Å². The van der Waals surface area contributed by atoms with Gasteiger partial charge in [0.25, 0.3) is 5.56 Å². The van der Waals surface area contributed by atoms with E-state index in [-0.39, 0.29) is 29.6 Å². The number of hydrogen-bond acceptors (Lipinski definition) is 5. The molecule has 46 heavy (non-hydrogen) atoms. The molecule has 5 aromatic rings. The molecule has 236 valence electrons. The van der Waals surface area contributed by atoms with Crippen LogP contribution in [0.3, 0.4) is 0 Å². The monoisotopic (exact) mass is 615 g/mol. The van der Waals surface area contributed by atoms with Crippen molar-refractivity contribution in [3.63, 3.8) is 0 Å². The van der Waals surface area contributed by atoms with Gasteiger partial charge < -0.3 is 15.4 Å². The third-order valence-electron chi connectivity index (χ3n) is 7.80. The first-order valence-electron chi connectivity index (χ1n) is 15.6. The molecule has 0 saturated heterocycles. The number of pyridine rings is 3. The van der Waals surface area contributed by atoms with Crippen LogP contribution >= 0.6 is 0 Å². The number of ether oxygens (including phenoxy) is 1. The van der Waals surface area contributed by atoms with Crippen molar-refractivity contribution in [1.29, 1.82) is 0 Å². The van der Waals surface area contributed by atoms with E-state index in [1.165, 1.54) is 0 Å². The highest BCUT2D eigenvalue weighted by Gasteiger charge is 2.23. The lowest BCUT2D eigenvalue weighted by molar-refractivity contribution is 0.262. The number of rotatable bonds is 11. The van der Waals surface area contributed by atoms with Crippen LogP contribution in [0, 0.1) is 0 Å². The first-order valence-corrected chi connectivity index (χ1v) is 15.6. The van der Waals surface area contributed by atoms with Crippen molar-refractivity contribution in [3.8, 4) is 16.9 Å². The Bertz CT molecular complexity index is 1900. The van der Waals surface area contributed by atoms with Gasteiger partial charge in [0.15, 0.2) is 0 Å². The van der Waals surface area contributed by atoms with Crippen molar-refractivity contribution in [3.05, 3.63) is 125 Å². The first kappa shape index (κ1) is 32.2. The van der Waals surface area contributed by atoms with Crippen LogP contribution in [0.2, 0.25) is 0 Å². The van der Waals surface area contributed by atoms with Gasteiger partial charge in [-0.25, -0.2) is 9.78 Å². The summed E-state index contributed by atoms with van der Waals surface area (Å²) in [5.41, 5.74) is 6.26. The largest absolute Gasteiger partial charge is 0.493 e. The van der Waals surface area contributed by atoms with E-state index < -0.39 is 6.03 Å². The molecule has 0 unspecified atom stereocenters. The molecule has 8 heteroatoms. The molecule has 5 rings (SSSR count). The van der Waals surface area contributed by atoms with E-state index >= 15 is 0 Å². The van der Waals surface area contributed by atoms with Crippen LogP contribution in [-0.4, -0.2) is 27.2 Å². The lowest BCUT2D eigenvalue weighted by atomic mass is 9.93. The number of aromatic nitrogens is 3. The maximum absolute atomic E-state index is 14.3. The molecule has 8 nitrogen and oxygen atoms in total. The summed E-state index contributed by atoms with van der Waals surface area (Å²) < 4.78 is 7.69. The van der Waals surface area contributed by atoms with Crippen LogP contribution < -0.4 is 20.9 Å². The molecule has 3 aromatic heterocycles. The van der Waals surface area contributed by atoms with Crippen LogP contribution in [0.5, 0.6) is 5.75 Å². The van der Waals surface area contributed by atoms with E-state index in [0.29, 0.717) is 30.0 Å². The number of benzene rings is 2.